The molecule has 7 nitrogen and oxygen atoms in total. The minimum absolute atomic E-state index is 0.00210. The number of anilines is 1. The van der Waals surface area contributed by atoms with Gasteiger partial charge in [-0.05, 0) is 44.0 Å². The van der Waals surface area contributed by atoms with Crippen LogP contribution in [0.5, 0.6) is 0 Å². The van der Waals surface area contributed by atoms with Crippen molar-refractivity contribution in [1.29, 1.82) is 0 Å². The lowest BCUT2D eigenvalue weighted by Gasteiger charge is -2.26. The first-order valence-electron chi connectivity index (χ1n) is 9.77. The maximum absolute atomic E-state index is 13.1. The highest BCUT2D eigenvalue weighted by molar-refractivity contribution is 6.06. The molecule has 0 aromatic heterocycles. The Kier molecular flexibility index (Phi) is 6.52. The summed E-state index contributed by atoms with van der Waals surface area (Å²) in [6.45, 7) is 2.00. The Bertz CT molecular complexity index is 938. The number of amides is 1. The lowest BCUT2D eigenvalue weighted by Crippen LogP contribution is -2.46. The predicted molar refractivity (Wildman–Crippen MR) is 112 cm³/mol. The lowest BCUT2D eigenvalue weighted by atomic mass is 10.1. The highest BCUT2D eigenvalue weighted by atomic mass is 16.5. The molecule has 1 amide bonds. The molecule has 2 aromatic rings. The van der Waals surface area contributed by atoms with Crippen LogP contribution in [0.3, 0.4) is 0 Å². The smallest absolute Gasteiger partial charge is 0.339 e. The van der Waals surface area contributed by atoms with Crippen molar-refractivity contribution < 1.29 is 23.9 Å². The zero-order valence-electron chi connectivity index (χ0n) is 17.4. The van der Waals surface area contributed by atoms with Crippen molar-refractivity contribution in [2.75, 3.05) is 26.0 Å². The van der Waals surface area contributed by atoms with Crippen LogP contribution in [0.25, 0.3) is 0 Å². The number of ether oxygens (including phenoxy) is 2. The van der Waals surface area contributed by atoms with Crippen molar-refractivity contribution in [3.8, 4) is 0 Å². The summed E-state index contributed by atoms with van der Waals surface area (Å²) in [7, 11) is 3.03. The van der Waals surface area contributed by atoms with Gasteiger partial charge >= 0.3 is 11.9 Å². The van der Waals surface area contributed by atoms with Crippen LogP contribution in [0.4, 0.5) is 5.69 Å². The molecule has 0 radical (unpaired) electrons. The number of likely N-dealkylation sites (N-methyl/N-ethyl adjacent to an activating group) is 1. The summed E-state index contributed by atoms with van der Waals surface area (Å²) >= 11 is 0. The highest BCUT2D eigenvalue weighted by Crippen LogP contribution is 2.42. The third-order valence-electron chi connectivity index (χ3n) is 5.40. The molecule has 1 aliphatic carbocycles. The SMILES string of the molecule is COC(=O)c1cccc(C)c1NC(=O)C1(N(C)CC(=O)OCc2ccccc2)CC1. The second-order valence-electron chi connectivity index (χ2n) is 7.48. The first-order valence-corrected chi connectivity index (χ1v) is 9.77. The zero-order valence-corrected chi connectivity index (χ0v) is 17.4. The summed E-state index contributed by atoms with van der Waals surface area (Å²) in [5.41, 5.74) is 1.60. The summed E-state index contributed by atoms with van der Waals surface area (Å²) < 4.78 is 10.1. The van der Waals surface area contributed by atoms with Crippen LogP contribution < -0.4 is 5.32 Å². The fourth-order valence-corrected chi connectivity index (χ4v) is 3.37. The van der Waals surface area contributed by atoms with E-state index in [2.05, 4.69) is 5.32 Å². The average molecular weight is 410 g/mol. The van der Waals surface area contributed by atoms with E-state index in [0.717, 1.165) is 11.1 Å². The van der Waals surface area contributed by atoms with E-state index < -0.39 is 17.5 Å². The van der Waals surface area contributed by atoms with Crippen molar-refractivity contribution >= 4 is 23.5 Å². The summed E-state index contributed by atoms with van der Waals surface area (Å²) in [5.74, 6) is -1.16. The second kappa shape index (κ2) is 9.09. The van der Waals surface area contributed by atoms with Gasteiger partial charge in [-0.2, -0.15) is 0 Å². The number of esters is 2. The van der Waals surface area contributed by atoms with Gasteiger partial charge in [0.2, 0.25) is 5.91 Å². The molecule has 0 saturated heterocycles. The van der Waals surface area contributed by atoms with Crippen LogP contribution in [0.2, 0.25) is 0 Å². The van der Waals surface area contributed by atoms with Gasteiger partial charge in [0.25, 0.3) is 0 Å². The largest absolute Gasteiger partial charge is 0.465 e. The summed E-state index contributed by atoms with van der Waals surface area (Å²) in [6.07, 6.45) is 1.25. The van der Waals surface area contributed by atoms with Gasteiger partial charge in [0.05, 0.1) is 24.9 Å². The van der Waals surface area contributed by atoms with Gasteiger partial charge in [-0.1, -0.05) is 42.5 Å². The highest BCUT2D eigenvalue weighted by Gasteiger charge is 2.53. The van der Waals surface area contributed by atoms with Crippen LogP contribution >= 0.6 is 0 Å². The standard InChI is InChI=1S/C23H26N2O5/c1-16-8-7-11-18(21(27)29-3)20(16)24-22(28)23(12-13-23)25(2)14-19(26)30-15-17-9-5-4-6-10-17/h4-11H,12-15H2,1-3H3,(H,24,28). The topological polar surface area (TPSA) is 84.9 Å². The van der Waals surface area contributed by atoms with Crippen molar-refractivity contribution in [2.24, 2.45) is 0 Å². The Morgan fingerprint density at radius 3 is 2.40 bits per heavy atom. The van der Waals surface area contributed by atoms with Crippen LogP contribution in [0.1, 0.15) is 34.3 Å². The minimum atomic E-state index is -0.790. The number of para-hydroxylation sites is 1. The molecular formula is C23H26N2O5. The normalized spacial score (nSPS) is 14.1. The average Bonchev–Trinajstić information content (AvgIpc) is 3.56. The number of benzene rings is 2. The predicted octanol–water partition coefficient (Wildman–Crippen LogP) is 2.93. The maximum atomic E-state index is 13.1. The van der Waals surface area contributed by atoms with Gasteiger partial charge in [-0.3, -0.25) is 14.5 Å². The number of nitrogens with zero attached hydrogens (tertiary/aromatic N) is 1. The van der Waals surface area contributed by atoms with Crippen LogP contribution in [0.15, 0.2) is 48.5 Å². The van der Waals surface area contributed by atoms with E-state index in [1.165, 1.54) is 7.11 Å². The molecule has 0 unspecified atom stereocenters. The Balaban J connectivity index is 1.64. The molecule has 1 fully saturated rings. The molecule has 0 atom stereocenters. The lowest BCUT2D eigenvalue weighted by molar-refractivity contribution is -0.147. The van der Waals surface area contributed by atoms with E-state index in [0.29, 0.717) is 24.1 Å². The summed E-state index contributed by atoms with van der Waals surface area (Å²) in [6, 6.07) is 14.6. The van der Waals surface area contributed by atoms with Crippen LogP contribution in [0, 0.1) is 6.92 Å². The van der Waals surface area contributed by atoms with E-state index >= 15 is 0 Å². The fraction of sp³-hybridized carbons (Fsp3) is 0.348. The fourth-order valence-electron chi connectivity index (χ4n) is 3.37. The number of nitrogens with one attached hydrogen (secondary N) is 1. The van der Waals surface area contributed by atoms with Gasteiger partial charge in [0.1, 0.15) is 12.1 Å². The van der Waals surface area contributed by atoms with Gasteiger partial charge in [-0.25, -0.2) is 4.79 Å². The third kappa shape index (κ3) is 4.68. The number of methoxy groups -OCH3 is 1. The van der Waals surface area contributed by atoms with Crippen molar-refractivity contribution in [3.63, 3.8) is 0 Å². The first-order chi connectivity index (χ1) is 14.4. The Hall–Kier alpha value is -3.19. The molecule has 1 aliphatic rings. The number of aryl methyl sites for hydroxylation is 1. The van der Waals surface area contributed by atoms with Crippen molar-refractivity contribution in [2.45, 2.75) is 31.9 Å². The van der Waals surface area contributed by atoms with E-state index in [1.54, 1.807) is 24.1 Å². The number of carbonyl (C=O) groups is 3. The van der Waals surface area contributed by atoms with E-state index in [4.69, 9.17) is 9.47 Å². The first kappa shape index (κ1) is 21.5. The molecule has 2 aromatic carbocycles. The summed E-state index contributed by atoms with van der Waals surface area (Å²) in [5, 5.41) is 2.88. The van der Waals surface area contributed by atoms with E-state index in [1.807, 2.05) is 43.3 Å². The Labute approximate surface area is 176 Å². The van der Waals surface area contributed by atoms with Gasteiger partial charge in [0.15, 0.2) is 0 Å². The molecule has 0 bridgehead atoms. The van der Waals surface area contributed by atoms with Crippen LogP contribution in [-0.2, 0) is 25.7 Å². The Morgan fingerprint density at radius 2 is 1.77 bits per heavy atom. The van der Waals surface area contributed by atoms with Gasteiger partial charge in [-0.15, -0.1) is 0 Å². The van der Waals surface area contributed by atoms with Gasteiger partial charge in [0, 0.05) is 0 Å². The third-order valence-corrected chi connectivity index (χ3v) is 5.40. The van der Waals surface area contributed by atoms with Crippen molar-refractivity contribution in [1.82, 2.24) is 4.90 Å². The van der Waals surface area contributed by atoms with Crippen molar-refractivity contribution in [3.05, 3.63) is 65.2 Å². The number of hydrogen-bond donors (Lipinski definition) is 1. The van der Waals surface area contributed by atoms with Crippen LogP contribution in [-0.4, -0.2) is 49.0 Å². The zero-order chi connectivity index (χ0) is 21.7. The molecular weight excluding hydrogens is 384 g/mol. The van der Waals surface area contributed by atoms with E-state index in [-0.39, 0.29) is 19.1 Å². The number of hydrogen-bond acceptors (Lipinski definition) is 6. The monoisotopic (exact) mass is 410 g/mol. The molecule has 3 rings (SSSR count). The Morgan fingerprint density at radius 1 is 1.07 bits per heavy atom. The van der Waals surface area contributed by atoms with E-state index in [9.17, 15) is 14.4 Å². The molecule has 7 heteroatoms. The molecule has 0 spiro atoms. The molecule has 0 heterocycles. The number of carbonyl (C=O) groups excluding carboxylic acids is 3. The number of rotatable bonds is 8. The molecule has 158 valence electrons. The second-order valence-corrected chi connectivity index (χ2v) is 7.48. The molecule has 0 aliphatic heterocycles. The van der Waals surface area contributed by atoms with Gasteiger partial charge < -0.3 is 14.8 Å². The molecule has 30 heavy (non-hydrogen) atoms. The summed E-state index contributed by atoms with van der Waals surface area (Å²) in [4.78, 5) is 39.1. The maximum Gasteiger partial charge on any atom is 0.339 e. The minimum Gasteiger partial charge on any atom is -0.465 e. The molecule has 1 N–H and O–H groups in total. The quantitative estimate of drug-likeness (QED) is 0.674. The molecule has 1 saturated carbocycles.